The van der Waals surface area contributed by atoms with Gasteiger partial charge in [0.05, 0.1) is 0 Å². The Labute approximate surface area is 141 Å². The summed E-state index contributed by atoms with van der Waals surface area (Å²) in [4.78, 5) is 0. The maximum atomic E-state index is 2.99. The van der Waals surface area contributed by atoms with Crippen LogP contribution in [0.2, 0.25) is 0 Å². The molecule has 1 aliphatic carbocycles. The molecule has 0 fully saturated rings. The van der Waals surface area contributed by atoms with Crippen LogP contribution < -0.4 is 24.8 Å². The summed E-state index contributed by atoms with van der Waals surface area (Å²) in [5, 5.41) is 2.62. The molecule has 0 saturated heterocycles. The van der Waals surface area contributed by atoms with Crippen molar-refractivity contribution in [3.05, 3.63) is 66.7 Å². The average Bonchev–Trinajstić information content (AvgIpc) is 2.88. The Morgan fingerprint density at radius 3 is 2.28 bits per heavy atom. The average molecular weight is 353 g/mol. The summed E-state index contributed by atoms with van der Waals surface area (Å²) in [5.41, 5.74) is 0. The van der Waals surface area contributed by atoms with E-state index < -0.39 is 0 Å². The monoisotopic (exact) mass is 351 g/mol. The Hall–Kier alpha value is -0.162. The molecule has 0 nitrogen and oxygen atoms in total. The van der Waals surface area contributed by atoms with Gasteiger partial charge in [-0.15, -0.1) is 6.42 Å². The Balaban J connectivity index is 0. The van der Waals surface area contributed by atoms with Crippen LogP contribution in [0.3, 0.4) is 0 Å². The van der Waals surface area contributed by atoms with E-state index in [4.69, 9.17) is 0 Å². The van der Waals surface area contributed by atoms with Crippen molar-refractivity contribution in [2.75, 3.05) is 0 Å². The van der Waals surface area contributed by atoms with E-state index >= 15 is 0 Å². The quantitative estimate of drug-likeness (QED) is 0.459. The first-order valence-corrected chi connectivity index (χ1v) is 5.12. The number of hydrogen-bond acceptors (Lipinski definition) is 0. The van der Waals surface area contributed by atoms with Gasteiger partial charge in [0.2, 0.25) is 0 Å². The molecule has 0 amide bonds. The Kier molecular flexibility index (Phi) is 13.3. The molecule has 18 heavy (non-hydrogen) atoms. The van der Waals surface area contributed by atoms with E-state index in [-0.39, 0.29) is 51.0 Å². The zero-order valence-electron chi connectivity index (χ0n) is 9.81. The van der Waals surface area contributed by atoms with E-state index in [1.807, 2.05) is 12.2 Å². The summed E-state index contributed by atoms with van der Waals surface area (Å²) in [6.07, 6.45) is 10.0. The van der Waals surface area contributed by atoms with Gasteiger partial charge in [-0.2, -0.15) is 6.08 Å². The van der Waals surface area contributed by atoms with Crippen LogP contribution in [0.25, 0.3) is 10.7 Å². The van der Waals surface area contributed by atoms with Gasteiger partial charge in [0, 0.05) is 0 Å². The number of halogens is 2. The molecule has 4 heteroatoms. The third-order valence-corrected chi connectivity index (χ3v) is 2.24. The molecule has 2 aromatic rings. The molecule has 1 radical (unpaired) electrons. The van der Waals surface area contributed by atoms with Crippen molar-refractivity contribution in [1.29, 1.82) is 0 Å². The zero-order chi connectivity index (χ0) is 10.3. The maximum absolute atomic E-state index is 2.99. The van der Waals surface area contributed by atoms with Gasteiger partial charge in [-0.05, 0) is 0 Å². The van der Waals surface area contributed by atoms with Crippen LogP contribution in [-0.2, 0) is 26.2 Å². The van der Waals surface area contributed by atoms with Crippen molar-refractivity contribution in [1.82, 2.24) is 0 Å². The number of benzene rings is 1. The van der Waals surface area contributed by atoms with E-state index in [0.717, 1.165) is 6.42 Å². The standard InChI is InChI=1S/C9H7B.C5H5.2ClH.Zr/c1-2-6-9-8(4-1)5-3-7-10-9;1-2-4-5-3-1;;;/h1-7H;1-3H,4H2;2*1H;/q;-1;;;+3/p-2. The van der Waals surface area contributed by atoms with Crippen LogP contribution in [0.5, 0.6) is 0 Å². The summed E-state index contributed by atoms with van der Waals surface area (Å²) in [6, 6.07) is 12.5. The molecular formula is C14H12BCl2Zr. The van der Waals surface area contributed by atoms with Gasteiger partial charge in [0.1, 0.15) is 0 Å². The Bertz CT molecular complexity index is 422. The molecule has 1 aliphatic rings. The SMILES string of the molecule is [C-]1=CC=CC1.[Cl-].[Cl-].[Zr+3].b1cccc2ccccc12. The molecule has 1 aromatic carbocycles. The van der Waals surface area contributed by atoms with E-state index in [1.165, 1.54) is 10.7 Å². The summed E-state index contributed by atoms with van der Waals surface area (Å²) < 4.78 is 0. The van der Waals surface area contributed by atoms with Crippen LogP contribution in [0.15, 0.2) is 60.6 Å². The molecule has 1 aromatic heterocycles. The molecule has 0 atom stereocenters. The molecule has 0 saturated carbocycles. The molecular weight excluding hydrogens is 341 g/mol. The molecule has 0 bridgehead atoms. The van der Waals surface area contributed by atoms with Gasteiger partial charge in [0.25, 0.3) is 0 Å². The van der Waals surface area contributed by atoms with Crippen LogP contribution >= 0.6 is 0 Å². The fourth-order valence-corrected chi connectivity index (χ4v) is 1.47. The number of rotatable bonds is 0. The zero-order valence-corrected chi connectivity index (χ0v) is 13.8. The van der Waals surface area contributed by atoms with Crippen LogP contribution in [-0.4, -0.2) is 6.91 Å². The summed E-state index contributed by atoms with van der Waals surface area (Å²) >= 11 is 0. The van der Waals surface area contributed by atoms with Gasteiger partial charge < -0.3 is 24.8 Å². The molecule has 0 unspecified atom stereocenters. The minimum absolute atomic E-state index is 0. The van der Waals surface area contributed by atoms with Crippen molar-refractivity contribution in [2.24, 2.45) is 0 Å². The summed E-state index contributed by atoms with van der Waals surface area (Å²) in [7, 11) is 0. The molecule has 89 valence electrons. The molecule has 0 spiro atoms. The van der Waals surface area contributed by atoms with Crippen LogP contribution in [0.4, 0.5) is 0 Å². The first-order chi connectivity index (χ1) is 7.47. The fourth-order valence-electron chi connectivity index (χ4n) is 1.47. The Morgan fingerprint density at radius 2 is 1.72 bits per heavy atom. The number of hydrogen-bond donors (Lipinski definition) is 0. The topological polar surface area (TPSA) is 0 Å². The second kappa shape index (κ2) is 11.9. The number of fused-ring (bicyclic) bond motifs is 1. The van der Waals surface area contributed by atoms with Crippen molar-refractivity contribution in [3.63, 3.8) is 0 Å². The molecule has 0 aliphatic heterocycles. The minimum atomic E-state index is 0. The first kappa shape index (κ1) is 20.2. The van der Waals surface area contributed by atoms with Crippen LogP contribution in [0, 0.1) is 6.08 Å². The normalized spacial score (nSPS) is 10.2. The Morgan fingerprint density at radius 1 is 1.00 bits per heavy atom. The second-order valence-corrected chi connectivity index (χ2v) is 3.35. The third-order valence-electron chi connectivity index (χ3n) is 2.24. The van der Waals surface area contributed by atoms with Crippen molar-refractivity contribution in [2.45, 2.75) is 6.42 Å². The second-order valence-electron chi connectivity index (χ2n) is 3.35. The molecule has 1 heterocycles. The first-order valence-electron chi connectivity index (χ1n) is 5.12. The van der Waals surface area contributed by atoms with E-state index in [0.29, 0.717) is 0 Å². The van der Waals surface area contributed by atoms with E-state index in [9.17, 15) is 0 Å². The molecule has 3 rings (SSSR count). The number of allylic oxidation sites excluding steroid dienone is 4. The van der Waals surface area contributed by atoms with Gasteiger partial charge >= 0.3 is 86.1 Å². The predicted molar refractivity (Wildman–Crippen MR) is 66.9 cm³/mol. The summed E-state index contributed by atoms with van der Waals surface area (Å²) in [6.45, 7) is 2.12. The van der Waals surface area contributed by atoms with Gasteiger partial charge in [0.15, 0.2) is 0 Å². The van der Waals surface area contributed by atoms with Crippen LogP contribution in [0.1, 0.15) is 6.42 Å². The molecule has 0 N–H and O–H groups in total. The van der Waals surface area contributed by atoms with E-state index in [1.54, 1.807) is 0 Å². The predicted octanol–water partition coefficient (Wildman–Crippen LogP) is -2.51. The van der Waals surface area contributed by atoms with Crippen molar-refractivity contribution >= 4 is 17.6 Å². The summed E-state index contributed by atoms with van der Waals surface area (Å²) in [5.74, 6) is 2.06. The van der Waals surface area contributed by atoms with E-state index in [2.05, 4.69) is 61.4 Å². The fraction of sp³-hybridized carbons (Fsp3) is 0.0714. The van der Waals surface area contributed by atoms with Gasteiger partial charge in [-0.1, -0.05) is 0 Å². The van der Waals surface area contributed by atoms with Gasteiger partial charge in [-0.25, -0.2) is 12.2 Å². The third kappa shape index (κ3) is 6.69. The van der Waals surface area contributed by atoms with Gasteiger partial charge in [-0.3, -0.25) is 6.08 Å². The van der Waals surface area contributed by atoms with Crippen molar-refractivity contribution < 1.29 is 51.0 Å². The van der Waals surface area contributed by atoms with Crippen molar-refractivity contribution in [3.8, 4) is 0 Å².